The molecule has 0 bridgehead atoms. The standard InChI is InChI=1S/C10H20N2O4/c13-9-3-11(4-9)7-15-1-2-16-8-12-5-10(14)6-12/h9-10,13-14H,1-8H2/p+2. The summed E-state index contributed by atoms with van der Waals surface area (Å²) >= 11 is 0. The molecule has 2 rings (SSSR count). The van der Waals surface area contributed by atoms with E-state index >= 15 is 0 Å². The van der Waals surface area contributed by atoms with Gasteiger partial charge in [-0.15, -0.1) is 0 Å². The molecule has 0 aromatic heterocycles. The van der Waals surface area contributed by atoms with Gasteiger partial charge in [-0.25, -0.2) is 0 Å². The van der Waals surface area contributed by atoms with E-state index in [0.717, 1.165) is 26.2 Å². The molecule has 2 aliphatic rings. The highest BCUT2D eigenvalue weighted by molar-refractivity contribution is 4.57. The second-order valence-electron chi connectivity index (χ2n) is 4.73. The Morgan fingerprint density at radius 3 is 1.50 bits per heavy atom. The van der Waals surface area contributed by atoms with Crippen LogP contribution in [0.4, 0.5) is 0 Å². The minimum Gasteiger partial charge on any atom is -0.382 e. The van der Waals surface area contributed by atoms with Gasteiger partial charge in [0.25, 0.3) is 0 Å². The molecule has 4 N–H and O–H groups in total. The largest absolute Gasteiger partial charge is 0.382 e. The lowest BCUT2D eigenvalue weighted by atomic mass is 10.2. The first-order valence-corrected chi connectivity index (χ1v) is 5.93. The third-order valence-corrected chi connectivity index (χ3v) is 3.08. The Morgan fingerprint density at radius 2 is 1.19 bits per heavy atom. The molecule has 2 saturated heterocycles. The van der Waals surface area contributed by atoms with Crippen LogP contribution in [0.2, 0.25) is 0 Å². The van der Waals surface area contributed by atoms with E-state index in [1.54, 1.807) is 0 Å². The highest BCUT2D eigenvalue weighted by Crippen LogP contribution is 1.83. The Morgan fingerprint density at radius 1 is 0.812 bits per heavy atom. The van der Waals surface area contributed by atoms with Crippen LogP contribution < -0.4 is 9.80 Å². The number of aliphatic hydroxyl groups is 2. The van der Waals surface area contributed by atoms with Gasteiger partial charge in [0.15, 0.2) is 25.7 Å². The zero-order chi connectivity index (χ0) is 11.4. The first kappa shape index (κ1) is 12.2. The van der Waals surface area contributed by atoms with Crippen molar-refractivity contribution in [3.63, 3.8) is 0 Å². The van der Waals surface area contributed by atoms with Gasteiger partial charge in [0.05, 0.1) is 13.2 Å². The summed E-state index contributed by atoms with van der Waals surface area (Å²) in [6.45, 7) is 5.75. The van der Waals surface area contributed by atoms with E-state index in [-0.39, 0.29) is 12.2 Å². The summed E-state index contributed by atoms with van der Waals surface area (Å²) in [6, 6.07) is 0. The molecule has 0 radical (unpaired) electrons. The molecule has 2 aliphatic heterocycles. The van der Waals surface area contributed by atoms with Gasteiger partial charge < -0.3 is 29.5 Å². The Hall–Kier alpha value is -0.240. The summed E-state index contributed by atoms with van der Waals surface area (Å²) in [4.78, 5) is 2.59. The molecular formula is C10H22N2O4+2. The second kappa shape index (κ2) is 5.90. The number of hydrogen-bond donors (Lipinski definition) is 4. The summed E-state index contributed by atoms with van der Waals surface area (Å²) < 4.78 is 10.8. The predicted octanol–water partition coefficient (Wildman–Crippen LogP) is -4.55. The van der Waals surface area contributed by atoms with E-state index in [4.69, 9.17) is 19.7 Å². The van der Waals surface area contributed by atoms with Gasteiger partial charge in [0.2, 0.25) is 0 Å². The smallest absolute Gasteiger partial charge is 0.181 e. The minimum atomic E-state index is -0.128. The zero-order valence-corrected chi connectivity index (χ0v) is 9.52. The Kier molecular flexibility index (Phi) is 4.51. The normalized spacial score (nSPS) is 37.9. The maximum absolute atomic E-state index is 9.05. The fraction of sp³-hybridized carbons (Fsp3) is 1.00. The molecule has 2 heterocycles. The fourth-order valence-corrected chi connectivity index (χ4v) is 2.00. The van der Waals surface area contributed by atoms with Crippen molar-refractivity contribution in [2.75, 3.05) is 52.9 Å². The summed E-state index contributed by atoms with van der Waals surface area (Å²) in [6.07, 6.45) is -0.257. The first-order valence-electron chi connectivity index (χ1n) is 5.93. The summed E-state index contributed by atoms with van der Waals surface area (Å²) in [5.41, 5.74) is 0. The molecule has 0 amide bonds. The van der Waals surface area contributed by atoms with E-state index in [0.29, 0.717) is 26.7 Å². The van der Waals surface area contributed by atoms with Crippen LogP contribution in [0.5, 0.6) is 0 Å². The second-order valence-corrected chi connectivity index (χ2v) is 4.73. The van der Waals surface area contributed by atoms with Crippen molar-refractivity contribution >= 4 is 0 Å². The van der Waals surface area contributed by atoms with Crippen LogP contribution in [0.1, 0.15) is 0 Å². The minimum absolute atomic E-state index is 0.128. The number of rotatable bonds is 7. The predicted molar refractivity (Wildman–Crippen MR) is 55.0 cm³/mol. The van der Waals surface area contributed by atoms with Gasteiger partial charge in [-0.2, -0.15) is 0 Å². The van der Waals surface area contributed by atoms with Gasteiger partial charge in [-0.3, -0.25) is 0 Å². The SMILES string of the molecule is OC1C[NH+](COCCOC[NH+]2CC(O)C2)C1. The van der Waals surface area contributed by atoms with Crippen molar-refractivity contribution < 1.29 is 29.5 Å². The number of likely N-dealkylation sites (tertiary alicyclic amines) is 2. The number of hydrogen-bond acceptors (Lipinski definition) is 4. The fourth-order valence-electron chi connectivity index (χ4n) is 2.00. The lowest BCUT2D eigenvalue weighted by molar-refractivity contribution is -0.967. The Bertz CT molecular complexity index is 183. The molecular weight excluding hydrogens is 212 g/mol. The maximum Gasteiger partial charge on any atom is 0.181 e. The van der Waals surface area contributed by atoms with Crippen molar-refractivity contribution in [1.29, 1.82) is 0 Å². The quantitative estimate of drug-likeness (QED) is 0.335. The summed E-state index contributed by atoms with van der Waals surface area (Å²) in [5.74, 6) is 0. The van der Waals surface area contributed by atoms with Crippen LogP contribution >= 0.6 is 0 Å². The Balaban J connectivity index is 1.33. The van der Waals surface area contributed by atoms with E-state index in [2.05, 4.69) is 0 Å². The van der Waals surface area contributed by atoms with Crippen LogP contribution in [0.25, 0.3) is 0 Å². The third-order valence-electron chi connectivity index (χ3n) is 3.08. The van der Waals surface area contributed by atoms with E-state index in [9.17, 15) is 0 Å². The number of aliphatic hydroxyl groups excluding tert-OH is 2. The highest BCUT2D eigenvalue weighted by Gasteiger charge is 2.29. The number of nitrogens with one attached hydrogen (secondary N) is 2. The van der Waals surface area contributed by atoms with Crippen LogP contribution in [0, 0.1) is 0 Å². The molecule has 0 aromatic rings. The highest BCUT2D eigenvalue weighted by atomic mass is 16.5. The van der Waals surface area contributed by atoms with E-state index < -0.39 is 0 Å². The van der Waals surface area contributed by atoms with Crippen molar-refractivity contribution in [1.82, 2.24) is 0 Å². The average molecular weight is 234 g/mol. The molecule has 0 aliphatic carbocycles. The molecule has 0 saturated carbocycles. The topological polar surface area (TPSA) is 67.8 Å². The van der Waals surface area contributed by atoms with Gasteiger partial charge >= 0.3 is 0 Å². The molecule has 0 aromatic carbocycles. The van der Waals surface area contributed by atoms with Crippen LogP contribution in [-0.4, -0.2) is 75.3 Å². The van der Waals surface area contributed by atoms with Gasteiger partial charge in [0, 0.05) is 0 Å². The molecule has 16 heavy (non-hydrogen) atoms. The lowest BCUT2D eigenvalue weighted by Crippen LogP contribution is -3.21. The number of quaternary nitrogens is 2. The van der Waals surface area contributed by atoms with Crippen molar-refractivity contribution in [3.8, 4) is 0 Å². The first-order chi connectivity index (χ1) is 7.74. The molecule has 94 valence electrons. The van der Waals surface area contributed by atoms with Gasteiger partial charge in [-0.1, -0.05) is 0 Å². The molecule has 0 atom stereocenters. The Labute approximate surface area is 95.3 Å². The average Bonchev–Trinajstić information content (AvgIpc) is 2.16. The lowest BCUT2D eigenvalue weighted by Gasteiger charge is -2.32. The van der Waals surface area contributed by atoms with Crippen LogP contribution in [-0.2, 0) is 9.47 Å². The molecule has 6 nitrogen and oxygen atoms in total. The molecule has 2 fully saturated rings. The maximum atomic E-state index is 9.05. The number of ether oxygens (including phenoxy) is 2. The van der Waals surface area contributed by atoms with E-state index in [1.807, 2.05) is 0 Å². The van der Waals surface area contributed by atoms with Gasteiger partial charge in [-0.05, 0) is 0 Å². The monoisotopic (exact) mass is 234 g/mol. The van der Waals surface area contributed by atoms with E-state index in [1.165, 1.54) is 9.80 Å². The third kappa shape index (κ3) is 3.65. The summed E-state index contributed by atoms with van der Waals surface area (Å²) in [7, 11) is 0. The van der Waals surface area contributed by atoms with Crippen molar-refractivity contribution in [2.24, 2.45) is 0 Å². The molecule has 6 heteroatoms. The van der Waals surface area contributed by atoms with Gasteiger partial charge in [0.1, 0.15) is 26.2 Å². The molecule has 0 unspecified atom stereocenters. The summed E-state index contributed by atoms with van der Waals surface area (Å²) in [5, 5.41) is 18.1. The van der Waals surface area contributed by atoms with Crippen molar-refractivity contribution in [3.05, 3.63) is 0 Å². The van der Waals surface area contributed by atoms with Crippen LogP contribution in [0.15, 0.2) is 0 Å². The molecule has 0 spiro atoms. The zero-order valence-electron chi connectivity index (χ0n) is 9.52. The van der Waals surface area contributed by atoms with Crippen molar-refractivity contribution in [2.45, 2.75) is 12.2 Å². The van der Waals surface area contributed by atoms with Crippen LogP contribution in [0.3, 0.4) is 0 Å².